The first kappa shape index (κ1) is 16.4. The van der Waals surface area contributed by atoms with Crippen LogP contribution in [0.3, 0.4) is 0 Å². The average Bonchev–Trinajstić information content (AvgIpc) is 2.52. The highest BCUT2D eigenvalue weighted by Crippen LogP contribution is 2.21. The first-order valence-corrected chi connectivity index (χ1v) is 8.01. The molecule has 0 bridgehead atoms. The van der Waals surface area contributed by atoms with Crippen molar-refractivity contribution in [1.82, 2.24) is 4.90 Å². The highest BCUT2D eigenvalue weighted by atomic mass is 32.2. The van der Waals surface area contributed by atoms with E-state index >= 15 is 0 Å². The van der Waals surface area contributed by atoms with Gasteiger partial charge in [0.05, 0.1) is 5.75 Å². The third-order valence-corrected chi connectivity index (χ3v) is 4.19. The van der Waals surface area contributed by atoms with Gasteiger partial charge >= 0.3 is 0 Å². The standard InChI is InChI=1S/C17H18FNO2S/c1-2-19(11-13-4-3-5-14(18)10-13)17(21)12-22-16-8-6-15(20)7-9-16/h3-10,20H,2,11-12H2,1H3. The van der Waals surface area contributed by atoms with Crippen molar-refractivity contribution in [2.24, 2.45) is 0 Å². The first-order chi connectivity index (χ1) is 10.6. The molecule has 2 aromatic carbocycles. The molecule has 2 aromatic rings. The van der Waals surface area contributed by atoms with Crippen LogP contribution in [0.25, 0.3) is 0 Å². The van der Waals surface area contributed by atoms with Crippen LogP contribution >= 0.6 is 11.8 Å². The molecule has 0 heterocycles. The molecule has 1 N–H and O–H groups in total. The normalized spacial score (nSPS) is 10.5. The Morgan fingerprint density at radius 2 is 1.95 bits per heavy atom. The number of thioether (sulfide) groups is 1. The fourth-order valence-corrected chi connectivity index (χ4v) is 2.81. The van der Waals surface area contributed by atoms with Crippen LogP contribution in [0, 0.1) is 5.82 Å². The Morgan fingerprint density at radius 1 is 1.23 bits per heavy atom. The zero-order valence-electron chi connectivity index (χ0n) is 12.3. The van der Waals surface area contributed by atoms with Gasteiger partial charge in [0.1, 0.15) is 11.6 Å². The van der Waals surface area contributed by atoms with E-state index in [1.54, 1.807) is 35.2 Å². The first-order valence-electron chi connectivity index (χ1n) is 7.02. The van der Waals surface area contributed by atoms with E-state index in [2.05, 4.69) is 0 Å². The van der Waals surface area contributed by atoms with Crippen molar-refractivity contribution in [2.45, 2.75) is 18.4 Å². The van der Waals surface area contributed by atoms with Crippen molar-refractivity contribution < 1.29 is 14.3 Å². The van der Waals surface area contributed by atoms with Crippen LogP contribution in [0.2, 0.25) is 0 Å². The maximum absolute atomic E-state index is 13.2. The minimum absolute atomic E-state index is 0.00448. The molecule has 22 heavy (non-hydrogen) atoms. The molecule has 3 nitrogen and oxygen atoms in total. The van der Waals surface area contributed by atoms with Gasteiger partial charge in [0.15, 0.2) is 0 Å². The lowest BCUT2D eigenvalue weighted by Gasteiger charge is -2.21. The summed E-state index contributed by atoms with van der Waals surface area (Å²) >= 11 is 1.42. The molecular weight excluding hydrogens is 301 g/mol. The van der Waals surface area contributed by atoms with Gasteiger partial charge in [-0.1, -0.05) is 12.1 Å². The van der Waals surface area contributed by atoms with Crippen LogP contribution in [0.5, 0.6) is 5.75 Å². The lowest BCUT2D eigenvalue weighted by Crippen LogP contribution is -2.31. The van der Waals surface area contributed by atoms with Gasteiger partial charge in [0.25, 0.3) is 0 Å². The summed E-state index contributed by atoms with van der Waals surface area (Å²) in [6.45, 7) is 2.89. The van der Waals surface area contributed by atoms with Crippen LogP contribution in [-0.2, 0) is 11.3 Å². The summed E-state index contributed by atoms with van der Waals surface area (Å²) in [6, 6.07) is 13.0. The van der Waals surface area contributed by atoms with Crippen molar-refractivity contribution in [3.63, 3.8) is 0 Å². The van der Waals surface area contributed by atoms with Gasteiger partial charge in [-0.25, -0.2) is 4.39 Å². The Balaban J connectivity index is 1.92. The summed E-state index contributed by atoms with van der Waals surface area (Å²) in [6.07, 6.45) is 0. The third kappa shape index (κ3) is 4.77. The maximum atomic E-state index is 13.2. The molecule has 0 fully saturated rings. The number of amides is 1. The molecule has 0 aliphatic heterocycles. The molecule has 116 valence electrons. The van der Waals surface area contributed by atoms with E-state index < -0.39 is 0 Å². The molecule has 0 atom stereocenters. The summed E-state index contributed by atoms with van der Waals surface area (Å²) in [5.41, 5.74) is 0.782. The summed E-state index contributed by atoms with van der Waals surface area (Å²) < 4.78 is 13.2. The highest BCUT2D eigenvalue weighted by Gasteiger charge is 2.13. The monoisotopic (exact) mass is 319 g/mol. The number of phenols is 1. The second kappa shape index (κ2) is 7.84. The lowest BCUT2D eigenvalue weighted by atomic mass is 10.2. The number of halogens is 1. The molecule has 2 rings (SSSR count). The average molecular weight is 319 g/mol. The largest absolute Gasteiger partial charge is 0.508 e. The third-order valence-electron chi connectivity index (χ3n) is 3.20. The Bertz CT molecular complexity index is 631. The number of carbonyl (C=O) groups is 1. The molecule has 0 spiro atoms. The number of carbonyl (C=O) groups excluding carboxylic acids is 1. The molecule has 0 radical (unpaired) electrons. The van der Waals surface area contributed by atoms with E-state index in [9.17, 15) is 14.3 Å². The zero-order chi connectivity index (χ0) is 15.9. The molecule has 0 aromatic heterocycles. The molecule has 0 saturated heterocycles. The summed E-state index contributed by atoms with van der Waals surface area (Å²) in [4.78, 5) is 14.9. The van der Waals surface area contributed by atoms with Crippen molar-refractivity contribution in [3.8, 4) is 5.75 Å². The van der Waals surface area contributed by atoms with Gasteiger partial charge in [-0.3, -0.25) is 4.79 Å². The number of hydrogen-bond acceptors (Lipinski definition) is 3. The summed E-state index contributed by atoms with van der Waals surface area (Å²) in [5.74, 6) is 0.231. The van der Waals surface area contributed by atoms with E-state index in [1.165, 1.54) is 23.9 Å². The van der Waals surface area contributed by atoms with Gasteiger partial charge in [-0.2, -0.15) is 0 Å². The molecule has 0 saturated carbocycles. The van der Waals surface area contributed by atoms with Crippen LogP contribution in [0.1, 0.15) is 12.5 Å². The number of benzene rings is 2. The Kier molecular flexibility index (Phi) is 5.83. The summed E-state index contributed by atoms with van der Waals surface area (Å²) in [5, 5.41) is 9.23. The van der Waals surface area contributed by atoms with E-state index in [0.717, 1.165) is 10.5 Å². The van der Waals surface area contributed by atoms with Crippen molar-refractivity contribution in [3.05, 3.63) is 59.9 Å². The second-order valence-corrected chi connectivity index (χ2v) is 5.87. The van der Waals surface area contributed by atoms with Crippen molar-refractivity contribution >= 4 is 17.7 Å². The van der Waals surface area contributed by atoms with Crippen LogP contribution in [-0.4, -0.2) is 28.2 Å². The zero-order valence-corrected chi connectivity index (χ0v) is 13.1. The molecular formula is C17H18FNO2S. The smallest absolute Gasteiger partial charge is 0.233 e. The minimum atomic E-state index is -0.292. The summed E-state index contributed by atoms with van der Waals surface area (Å²) in [7, 11) is 0. The van der Waals surface area contributed by atoms with E-state index in [-0.39, 0.29) is 17.5 Å². The molecule has 1 amide bonds. The number of nitrogens with zero attached hydrogens (tertiary/aromatic N) is 1. The Labute approximate surface area is 133 Å². The quantitative estimate of drug-likeness (QED) is 0.826. The van der Waals surface area contributed by atoms with Gasteiger partial charge < -0.3 is 10.0 Å². The van der Waals surface area contributed by atoms with Crippen LogP contribution < -0.4 is 0 Å². The Morgan fingerprint density at radius 3 is 2.59 bits per heavy atom. The number of hydrogen-bond donors (Lipinski definition) is 1. The second-order valence-electron chi connectivity index (χ2n) is 4.82. The van der Waals surface area contributed by atoms with Crippen LogP contribution in [0.4, 0.5) is 4.39 Å². The number of phenolic OH excluding ortho intramolecular Hbond substituents is 1. The van der Waals surface area contributed by atoms with Crippen molar-refractivity contribution in [1.29, 1.82) is 0 Å². The van der Waals surface area contributed by atoms with Gasteiger partial charge in [-0.15, -0.1) is 11.8 Å². The minimum Gasteiger partial charge on any atom is -0.508 e. The van der Waals surface area contributed by atoms with E-state index in [0.29, 0.717) is 18.8 Å². The van der Waals surface area contributed by atoms with Gasteiger partial charge in [-0.05, 0) is 48.9 Å². The molecule has 0 aliphatic rings. The van der Waals surface area contributed by atoms with Gasteiger partial charge in [0, 0.05) is 18.0 Å². The fraction of sp³-hybridized carbons (Fsp3) is 0.235. The number of rotatable bonds is 6. The maximum Gasteiger partial charge on any atom is 0.233 e. The predicted molar refractivity (Wildman–Crippen MR) is 86.3 cm³/mol. The van der Waals surface area contributed by atoms with E-state index in [1.807, 2.05) is 13.0 Å². The van der Waals surface area contributed by atoms with E-state index in [4.69, 9.17) is 0 Å². The molecule has 0 aliphatic carbocycles. The number of aromatic hydroxyl groups is 1. The predicted octanol–water partition coefficient (Wildman–Crippen LogP) is 3.67. The fourth-order valence-electron chi connectivity index (χ4n) is 2.01. The lowest BCUT2D eigenvalue weighted by molar-refractivity contribution is -0.128. The van der Waals surface area contributed by atoms with Crippen molar-refractivity contribution in [2.75, 3.05) is 12.3 Å². The Hall–Kier alpha value is -2.01. The van der Waals surface area contributed by atoms with Crippen LogP contribution in [0.15, 0.2) is 53.4 Å². The van der Waals surface area contributed by atoms with Gasteiger partial charge in [0.2, 0.25) is 5.91 Å². The highest BCUT2D eigenvalue weighted by molar-refractivity contribution is 8.00. The molecule has 5 heteroatoms. The topological polar surface area (TPSA) is 40.5 Å². The molecule has 0 unspecified atom stereocenters. The SMILES string of the molecule is CCN(Cc1cccc(F)c1)C(=O)CSc1ccc(O)cc1.